The summed E-state index contributed by atoms with van der Waals surface area (Å²) in [5.41, 5.74) is 26.1. The van der Waals surface area contributed by atoms with Crippen molar-refractivity contribution >= 4 is 79.9 Å². The highest BCUT2D eigenvalue weighted by atomic mass is 32.2. The largest absolute Gasteiger partial charge is 0.490 e. The van der Waals surface area contributed by atoms with E-state index in [0.717, 1.165) is 58.1 Å². The van der Waals surface area contributed by atoms with Crippen LogP contribution in [-0.4, -0.2) is 83.7 Å². The molecule has 1 saturated heterocycles. The summed E-state index contributed by atoms with van der Waals surface area (Å²) in [5, 5.41) is 17.5. The summed E-state index contributed by atoms with van der Waals surface area (Å²) in [4.78, 5) is 58.9. The topological polar surface area (TPSA) is 269 Å². The van der Waals surface area contributed by atoms with E-state index < -0.39 is 17.9 Å². The number of fused-ring (bicyclic) bond motifs is 2. The number of nitrogens with one attached hydrogen (secondary N) is 5. The molecule has 11 N–H and O–H groups in total. The number of primary amides is 2. The SMILES string of the molecule is CCOc1cc2ncc(C(N)=O)c(Nc3cccc(CNC(=O)[C@@H](N)CCC(C)C)c3CC)c2cc1OCC.CCOc1cc2ncc(C(N)=O)c(Nc3cccc(CNC(=O)[C@@H]4CSCN4)c3CC)c2cc1OCC. The van der Waals surface area contributed by atoms with Crippen LogP contribution in [-0.2, 0) is 35.5 Å². The van der Waals surface area contributed by atoms with E-state index >= 15 is 0 Å². The molecule has 76 heavy (non-hydrogen) atoms. The summed E-state index contributed by atoms with van der Waals surface area (Å²) < 4.78 is 23.2. The smallest absolute Gasteiger partial charge is 0.252 e. The zero-order valence-corrected chi connectivity index (χ0v) is 45.8. The summed E-state index contributed by atoms with van der Waals surface area (Å²) in [7, 11) is 0. The Morgan fingerprint density at radius 1 is 0.658 bits per heavy atom. The van der Waals surface area contributed by atoms with E-state index in [1.165, 1.54) is 12.4 Å². The number of amides is 4. The van der Waals surface area contributed by atoms with Crippen molar-refractivity contribution in [3.05, 3.63) is 106 Å². The predicted molar refractivity (Wildman–Crippen MR) is 303 cm³/mol. The van der Waals surface area contributed by atoms with Crippen molar-refractivity contribution < 1.29 is 38.1 Å². The number of ether oxygens (including phenoxy) is 4. The van der Waals surface area contributed by atoms with Gasteiger partial charge in [0, 0.05) is 71.4 Å². The molecule has 3 heterocycles. The lowest BCUT2D eigenvalue weighted by Crippen LogP contribution is -2.41. The fourth-order valence-corrected chi connectivity index (χ4v) is 9.82. The molecule has 0 unspecified atom stereocenters. The van der Waals surface area contributed by atoms with Gasteiger partial charge in [-0.15, -0.1) is 11.8 Å². The molecule has 406 valence electrons. The maximum absolute atomic E-state index is 12.6. The molecule has 2 aromatic heterocycles. The standard InChI is InChI=1S/C30H41N5O4.C27H33N5O4S/c1-6-20-19(16-34-30(37)23(31)13-12-18(4)5)10-9-11-24(20)35-28-21-14-26(38-7-2)27(39-8-3)15-25(21)33-17-22(28)29(32)36;1-4-17-16(12-30-27(34)22-14-37-15-31-22)8-7-9-20(17)32-25-18-10-23(35-5-2)24(36-6-3)11-21(18)29-13-19(25)26(28)33/h9-11,14-15,17-18,23H,6-8,12-13,16,31H2,1-5H3,(H2,32,36)(H,33,35)(H,34,37);7-11,13,22,31H,4-6,12,14-15H2,1-3H3,(H2,28,33)(H,29,32)(H,30,34)/t23-;22-/m00/s1. The lowest BCUT2D eigenvalue weighted by atomic mass is 10.0. The number of benzene rings is 4. The number of pyridine rings is 2. The van der Waals surface area contributed by atoms with Crippen LogP contribution in [0.1, 0.15) is 111 Å². The predicted octanol–water partition coefficient (Wildman–Crippen LogP) is 8.53. The minimum Gasteiger partial charge on any atom is -0.490 e. The van der Waals surface area contributed by atoms with Gasteiger partial charge in [-0.3, -0.25) is 34.5 Å². The summed E-state index contributed by atoms with van der Waals surface area (Å²) in [6.45, 7) is 18.5. The summed E-state index contributed by atoms with van der Waals surface area (Å²) in [6, 6.07) is 18.3. The van der Waals surface area contributed by atoms with Crippen LogP contribution in [0.15, 0.2) is 73.1 Å². The van der Waals surface area contributed by atoms with Gasteiger partial charge in [0.1, 0.15) is 0 Å². The number of anilines is 4. The summed E-state index contributed by atoms with van der Waals surface area (Å²) in [5.74, 6) is 2.97. The average Bonchev–Trinajstić information content (AvgIpc) is 3.97. The van der Waals surface area contributed by atoms with Crippen LogP contribution in [0, 0.1) is 5.92 Å². The second kappa shape index (κ2) is 28.0. The molecule has 1 aliphatic heterocycles. The van der Waals surface area contributed by atoms with E-state index in [2.05, 4.69) is 57.3 Å². The quantitative estimate of drug-likeness (QED) is 0.0267. The van der Waals surface area contributed by atoms with Gasteiger partial charge in [0.15, 0.2) is 23.0 Å². The third-order valence-corrected chi connectivity index (χ3v) is 13.6. The fourth-order valence-electron chi connectivity index (χ4n) is 8.88. The average molecular weight is 1060 g/mol. The third kappa shape index (κ3) is 14.5. The van der Waals surface area contributed by atoms with E-state index in [-0.39, 0.29) is 29.0 Å². The van der Waals surface area contributed by atoms with E-state index in [9.17, 15) is 19.2 Å². The van der Waals surface area contributed by atoms with Crippen molar-refractivity contribution in [2.75, 3.05) is 48.7 Å². The molecular weight excluding hydrogens is 985 g/mol. The Balaban J connectivity index is 0.000000247. The van der Waals surface area contributed by atoms with Crippen LogP contribution >= 0.6 is 11.8 Å². The lowest BCUT2D eigenvalue weighted by molar-refractivity contribution is -0.123. The number of carbonyl (C=O) groups excluding carboxylic acids is 4. The van der Waals surface area contributed by atoms with Crippen molar-refractivity contribution in [2.24, 2.45) is 23.1 Å². The number of hydrogen-bond acceptors (Lipinski definition) is 15. The number of nitrogens with zero attached hydrogens (tertiary/aromatic N) is 2. The normalized spacial score (nSPS) is 13.4. The van der Waals surface area contributed by atoms with Gasteiger partial charge >= 0.3 is 0 Å². The molecule has 7 rings (SSSR count). The summed E-state index contributed by atoms with van der Waals surface area (Å²) in [6.07, 6.45) is 5.91. The Kier molecular flexibility index (Phi) is 21.3. The zero-order valence-electron chi connectivity index (χ0n) is 44.9. The minimum absolute atomic E-state index is 0.00452. The van der Waals surface area contributed by atoms with Crippen LogP contribution in [0.2, 0.25) is 0 Å². The molecule has 19 heteroatoms. The van der Waals surface area contributed by atoms with Gasteiger partial charge in [-0.2, -0.15) is 0 Å². The molecule has 6 aromatic rings. The van der Waals surface area contributed by atoms with Gasteiger partial charge in [0.25, 0.3) is 11.8 Å². The molecule has 1 aliphatic rings. The molecular formula is C57H74N10O8S. The Hall–Kier alpha value is -7.35. The Morgan fingerprint density at radius 2 is 1.11 bits per heavy atom. The van der Waals surface area contributed by atoms with E-state index in [1.807, 2.05) is 89.2 Å². The molecule has 0 saturated carbocycles. The number of aromatic nitrogens is 2. The summed E-state index contributed by atoms with van der Waals surface area (Å²) >= 11 is 1.71. The van der Waals surface area contributed by atoms with Crippen LogP contribution in [0.4, 0.5) is 22.7 Å². The van der Waals surface area contributed by atoms with Crippen molar-refractivity contribution in [3.8, 4) is 23.0 Å². The van der Waals surface area contributed by atoms with Gasteiger partial charge < -0.3 is 57.4 Å². The first-order valence-electron chi connectivity index (χ1n) is 26.1. The van der Waals surface area contributed by atoms with Gasteiger partial charge in [-0.05, 0) is 106 Å². The first-order valence-corrected chi connectivity index (χ1v) is 27.2. The highest BCUT2D eigenvalue weighted by molar-refractivity contribution is 7.99. The maximum Gasteiger partial charge on any atom is 0.252 e. The molecule has 0 radical (unpaired) electrons. The molecule has 18 nitrogen and oxygen atoms in total. The number of rotatable bonds is 25. The van der Waals surface area contributed by atoms with E-state index in [1.54, 1.807) is 17.8 Å². The third-order valence-electron chi connectivity index (χ3n) is 12.7. The second-order valence-corrected chi connectivity index (χ2v) is 19.3. The molecule has 0 spiro atoms. The molecule has 0 bridgehead atoms. The van der Waals surface area contributed by atoms with Gasteiger partial charge in [0.05, 0.1) is 72.0 Å². The fraction of sp³-hybridized carbons (Fsp3) is 0.404. The molecule has 1 fully saturated rings. The number of thioether (sulfide) groups is 1. The molecule has 2 atom stereocenters. The minimum atomic E-state index is -0.601. The van der Waals surface area contributed by atoms with Gasteiger partial charge in [-0.25, -0.2) is 0 Å². The number of hydrogen-bond donors (Lipinski definition) is 8. The van der Waals surface area contributed by atoms with E-state index in [4.69, 9.17) is 36.1 Å². The van der Waals surface area contributed by atoms with Gasteiger partial charge in [-0.1, -0.05) is 52.0 Å². The lowest BCUT2D eigenvalue weighted by Gasteiger charge is -2.20. The van der Waals surface area contributed by atoms with Crippen LogP contribution in [0.3, 0.4) is 0 Å². The second-order valence-electron chi connectivity index (χ2n) is 18.3. The molecule has 0 aliphatic carbocycles. The number of nitrogens with two attached hydrogens (primary N) is 3. The zero-order chi connectivity index (χ0) is 54.9. The Labute approximate surface area is 449 Å². The van der Waals surface area contributed by atoms with Crippen molar-refractivity contribution in [3.63, 3.8) is 0 Å². The highest BCUT2D eigenvalue weighted by Gasteiger charge is 2.24. The van der Waals surface area contributed by atoms with Crippen LogP contribution in [0.5, 0.6) is 23.0 Å². The highest BCUT2D eigenvalue weighted by Crippen LogP contribution is 2.40. The van der Waals surface area contributed by atoms with Crippen LogP contribution in [0.25, 0.3) is 21.8 Å². The monoisotopic (exact) mass is 1060 g/mol. The first kappa shape index (κ1) is 57.9. The number of carbonyl (C=O) groups is 4. The van der Waals surface area contributed by atoms with Gasteiger partial charge in [0.2, 0.25) is 11.8 Å². The Bertz CT molecular complexity index is 3000. The maximum atomic E-state index is 12.6. The molecule has 4 amide bonds. The van der Waals surface area contributed by atoms with Crippen molar-refractivity contribution in [2.45, 2.75) is 106 Å². The van der Waals surface area contributed by atoms with E-state index in [0.29, 0.717) is 114 Å². The van der Waals surface area contributed by atoms with Crippen molar-refractivity contribution in [1.82, 2.24) is 25.9 Å². The Morgan fingerprint density at radius 3 is 1.50 bits per heavy atom. The van der Waals surface area contributed by atoms with Crippen LogP contribution < -0.4 is 62.7 Å². The van der Waals surface area contributed by atoms with Crippen molar-refractivity contribution in [1.29, 1.82) is 0 Å². The molecule has 4 aromatic carbocycles. The first-order chi connectivity index (χ1) is 36.7.